The maximum atomic E-state index is 9.80. The Bertz CT molecular complexity index is 221. The number of ether oxygens (including phenoxy) is 4. The van der Waals surface area contributed by atoms with Gasteiger partial charge in [0.1, 0.15) is 24.4 Å². The average molecular weight is 220 g/mol. The summed E-state index contributed by atoms with van der Waals surface area (Å²) in [5, 5.41) is 19.4. The molecule has 88 valence electrons. The van der Waals surface area contributed by atoms with Crippen molar-refractivity contribution >= 4 is 0 Å². The molecule has 2 N–H and O–H groups in total. The van der Waals surface area contributed by atoms with E-state index in [9.17, 15) is 10.2 Å². The molecule has 2 aliphatic heterocycles. The van der Waals surface area contributed by atoms with Gasteiger partial charge in [-0.3, -0.25) is 0 Å². The van der Waals surface area contributed by atoms with Crippen molar-refractivity contribution < 1.29 is 29.2 Å². The Kier molecular flexibility index (Phi) is 3.24. The third-order valence-corrected chi connectivity index (χ3v) is 2.72. The fourth-order valence-electron chi connectivity index (χ4n) is 1.89. The zero-order chi connectivity index (χ0) is 11.0. The Morgan fingerprint density at radius 2 is 1.93 bits per heavy atom. The van der Waals surface area contributed by atoms with Crippen LogP contribution in [0.3, 0.4) is 0 Å². The number of hydrogen-bond acceptors (Lipinski definition) is 6. The fourth-order valence-corrected chi connectivity index (χ4v) is 1.89. The van der Waals surface area contributed by atoms with Crippen LogP contribution in [0, 0.1) is 0 Å². The molecule has 15 heavy (non-hydrogen) atoms. The molecule has 0 radical (unpaired) electrons. The lowest BCUT2D eigenvalue weighted by Gasteiger charge is -2.45. The molecule has 0 amide bonds. The van der Waals surface area contributed by atoms with Crippen LogP contribution in [0.25, 0.3) is 0 Å². The zero-order valence-electron chi connectivity index (χ0n) is 8.70. The summed E-state index contributed by atoms with van der Waals surface area (Å²) in [4.78, 5) is 0. The SMILES string of the molecule is CO[C@H]1OC2COC(C)O[C@H]2[C@H](O)C1O. The lowest BCUT2D eigenvalue weighted by molar-refractivity contribution is -0.352. The van der Waals surface area contributed by atoms with Gasteiger partial charge in [-0.05, 0) is 6.92 Å². The molecule has 6 nitrogen and oxygen atoms in total. The monoisotopic (exact) mass is 220 g/mol. The lowest BCUT2D eigenvalue weighted by atomic mass is 9.98. The summed E-state index contributed by atoms with van der Waals surface area (Å²) in [6, 6.07) is 0. The first-order chi connectivity index (χ1) is 7.13. The highest BCUT2D eigenvalue weighted by atomic mass is 16.7. The van der Waals surface area contributed by atoms with Gasteiger partial charge in [-0.2, -0.15) is 0 Å². The van der Waals surface area contributed by atoms with E-state index in [1.165, 1.54) is 7.11 Å². The van der Waals surface area contributed by atoms with E-state index in [0.29, 0.717) is 6.61 Å². The summed E-state index contributed by atoms with van der Waals surface area (Å²) in [5.74, 6) is 0. The van der Waals surface area contributed by atoms with Crippen LogP contribution in [0.4, 0.5) is 0 Å². The second-order valence-electron chi connectivity index (χ2n) is 3.76. The molecule has 0 spiro atoms. The van der Waals surface area contributed by atoms with Gasteiger partial charge in [-0.1, -0.05) is 0 Å². The van der Waals surface area contributed by atoms with Crippen LogP contribution < -0.4 is 0 Å². The van der Waals surface area contributed by atoms with Gasteiger partial charge >= 0.3 is 0 Å². The van der Waals surface area contributed by atoms with E-state index >= 15 is 0 Å². The maximum Gasteiger partial charge on any atom is 0.186 e. The molecular weight excluding hydrogens is 204 g/mol. The van der Waals surface area contributed by atoms with E-state index < -0.39 is 37.0 Å². The quantitative estimate of drug-likeness (QED) is 0.580. The first-order valence-electron chi connectivity index (χ1n) is 4.95. The van der Waals surface area contributed by atoms with Gasteiger partial charge in [-0.25, -0.2) is 0 Å². The molecule has 6 atom stereocenters. The normalized spacial score (nSPS) is 51.2. The highest BCUT2D eigenvalue weighted by Gasteiger charge is 2.48. The highest BCUT2D eigenvalue weighted by Crippen LogP contribution is 2.28. The van der Waals surface area contributed by atoms with Crippen molar-refractivity contribution in [2.75, 3.05) is 13.7 Å². The second kappa shape index (κ2) is 4.32. The number of hydrogen-bond donors (Lipinski definition) is 2. The lowest BCUT2D eigenvalue weighted by Crippen LogP contribution is -2.62. The van der Waals surface area contributed by atoms with Crippen LogP contribution >= 0.6 is 0 Å². The van der Waals surface area contributed by atoms with Crippen molar-refractivity contribution in [1.82, 2.24) is 0 Å². The molecule has 2 rings (SSSR count). The van der Waals surface area contributed by atoms with E-state index in [0.717, 1.165) is 0 Å². The molecule has 2 saturated heterocycles. The Hall–Kier alpha value is -0.240. The van der Waals surface area contributed by atoms with Crippen LogP contribution in [0.1, 0.15) is 6.92 Å². The number of aliphatic hydroxyl groups is 2. The highest BCUT2D eigenvalue weighted by molar-refractivity contribution is 4.91. The minimum Gasteiger partial charge on any atom is -0.387 e. The smallest absolute Gasteiger partial charge is 0.186 e. The molecule has 2 aliphatic rings. The van der Waals surface area contributed by atoms with E-state index in [1.54, 1.807) is 6.92 Å². The Morgan fingerprint density at radius 1 is 1.20 bits per heavy atom. The number of aliphatic hydroxyl groups excluding tert-OH is 2. The summed E-state index contributed by atoms with van der Waals surface area (Å²) >= 11 is 0. The maximum absolute atomic E-state index is 9.80. The molecule has 0 aromatic carbocycles. The van der Waals surface area contributed by atoms with Crippen LogP contribution in [-0.4, -0.2) is 60.9 Å². The molecule has 0 bridgehead atoms. The first-order valence-corrected chi connectivity index (χ1v) is 4.95. The molecule has 0 saturated carbocycles. The summed E-state index contributed by atoms with van der Waals surface area (Å²) in [6.07, 6.45) is -4.29. The van der Waals surface area contributed by atoms with E-state index in [1.807, 2.05) is 0 Å². The predicted octanol–water partition coefficient (Wildman–Crippen LogP) is -1.16. The molecule has 2 fully saturated rings. The van der Waals surface area contributed by atoms with Crippen molar-refractivity contribution in [3.63, 3.8) is 0 Å². The van der Waals surface area contributed by atoms with Gasteiger partial charge in [0.2, 0.25) is 0 Å². The Labute approximate surface area is 87.7 Å². The molecular formula is C9H16O6. The molecule has 3 unspecified atom stereocenters. The van der Waals surface area contributed by atoms with E-state index in [2.05, 4.69) is 0 Å². The van der Waals surface area contributed by atoms with Crippen LogP contribution in [-0.2, 0) is 18.9 Å². The van der Waals surface area contributed by atoms with Gasteiger partial charge in [0.15, 0.2) is 12.6 Å². The van der Waals surface area contributed by atoms with Crippen molar-refractivity contribution in [2.24, 2.45) is 0 Å². The van der Waals surface area contributed by atoms with Crippen LogP contribution in [0.2, 0.25) is 0 Å². The fraction of sp³-hybridized carbons (Fsp3) is 1.00. The second-order valence-corrected chi connectivity index (χ2v) is 3.76. The summed E-state index contributed by atoms with van der Waals surface area (Å²) in [6.45, 7) is 2.06. The van der Waals surface area contributed by atoms with Crippen LogP contribution in [0.15, 0.2) is 0 Å². The number of rotatable bonds is 1. The first kappa shape index (κ1) is 11.3. The van der Waals surface area contributed by atoms with E-state index in [-0.39, 0.29) is 0 Å². The number of methoxy groups -OCH3 is 1. The molecule has 0 aromatic heterocycles. The van der Waals surface area contributed by atoms with Gasteiger partial charge in [0, 0.05) is 7.11 Å². The average Bonchev–Trinajstić information content (AvgIpc) is 2.24. The van der Waals surface area contributed by atoms with Crippen molar-refractivity contribution in [3.05, 3.63) is 0 Å². The van der Waals surface area contributed by atoms with Crippen molar-refractivity contribution in [2.45, 2.75) is 43.9 Å². The summed E-state index contributed by atoms with van der Waals surface area (Å²) < 4.78 is 20.9. The Morgan fingerprint density at radius 3 is 2.60 bits per heavy atom. The third kappa shape index (κ3) is 2.01. The third-order valence-electron chi connectivity index (χ3n) is 2.72. The van der Waals surface area contributed by atoms with E-state index in [4.69, 9.17) is 18.9 Å². The largest absolute Gasteiger partial charge is 0.387 e. The molecule has 0 aromatic rings. The molecule has 0 aliphatic carbocycles. The van der Waals surface area contributed by atoms with Gasteiger partial charge in [0.05, 0.1) is 6.61 Å². The summed E-state index contributed by atoms with van der Waals surface area (Å²) in [5.41, 5.74) is 0. The zero-order valence-corrected chi connectivity index (χ0v) is 8.70. The van der Waals surface area contributed by atoms with Crippen molar-refractivity contribution in [1.29, 1.82) is 0 Å². The standard InChI is InChI=1S/C9H16O6/c1-4-13-3-5-8(14-4)6(10)7(11)9(12-2)15-5/h4-11H,3H2,1-2H3/t4?,5?,6-,7?,8-,9+/m1/s1. The van der Waals surface area contributed by atoms with Crippen molar-refractivity contribution in [3.8, 4) is 0 Å². The molecule has 6 heteroatoms. The van der Waals surface area contributed by atoms with Crippen LogP contribution in [0.5, 0.6) is 0 Å². The minimum atomic E-state index is -1.10. The Balaban J connectivity index is 2.07. The topological polar surface area (TPSA) is 77.4 Å². The van der Waals surface area contributed by atoms with Gasteiger partial charge in [-0.15, -0.1) is 0 Å². The minimum absolute atomic E-state index is 0.329. The van der Waals surface area contributed by atoms with Gasteiger partial charge < -0.3 is 29.2 Å². The van der Waals surface area contributed by atoms with Gasteiger partial charge in [0.25, 0.3) is 0 Å². The number of fused-ring (bicyclic) bond motifs is 1. The molecule has 2 heterocycles. The predicted molar refractivity (Wildman–Crippen MR) is 48.0 cm³/mol. The summed E-state index contributed by atoms with van der Waals surface area (Å²) in [7, 11) is 1.41.